The SMILES string of the molecule is C#CC[C@]1(C)C[C@@H](COP(=O)(N[C@H](C)C(=O)OC(C)C)Oc2cccc3ccccc23)O[C@H]1n1cnc2c(N(C)C3CC3)nc(N)nc21. The van der Waals surface area contributed by atoms with Crippen LogP contribution in [-0.4, -0.2) is 63.4 Å². The number of nitrogen functional groups attached to an aromatic ring is 1. The molecule has 14 heteroatoms. The third-order valence-corrected chi connectivity index (χ3v) is 10.3. The molecule has 2 aromatic carbocycles. The van der Waals surface area contributed by atoms with Crippen LogP contribution >= 0.6 is 7.75 Å². The van der Waals surface area contributed by atoms with Gasteiger partial charge in [-0.3, -0.25) is 13.9 Å². The largest absolute Gasteiger partial charge is 0.462 e. The topological polar surface area (TPSA) is 156 Å². The second-order valence-electron chi connectivity index (χ2n) is 13.1. The molecule has 4 aromatic rings. The van der Waals surface area contributed by atoms with Gasteiger partial charge in [-0.1, -0.05) is 43.3 Å². The van der Waals surface area contributed by atoms with Crippen LogP contribution in [-0.2, 0) is 23.4 Å². The van der Waals surface area contributed by atoms with Crippen LogP contribution in [0.1, 0.15) is 59.6 Å². The zero-order chi connectivity index (χ0) is 34.2. The number of imidazole rings is 1. The molecule has 0 radical (unpaired) electrons. The maximum Gasteiger partial charge on any atom is 0.459 e. The number of hydrogen-bond donors (Lipinski definition) is 2. The van der Waals surface area contributed by atoms with Gasteiger partial charge in [0.2, 0.25) is 5.95 Å². The van der Waals surface area contributed by atoms with Crippen LogP contribution in [0.2, 0.25) is 0 Å². The highest BCUT2D eigenvalue weighted by Gasteiger charge is 2.48. The van der Waals surface area contributed by atoms with E-state index in [-0.39, 0.29) is 18.7 Å². The molecule has 13 nitrogen and oxygen atoms in total. The van der Waals surface area contributed by atoms with E-state index < -0.39 is 37.5 Å². The number of esters is 1. The Hall–Kier alpha value is -4.21. The number of nitrogens with two attached hydrogens (primary N) is 1. The lowest BCUT2D eigenvalue weighted by Gasteiger charge is -2.29. The molecule has 1 saturated carbocycles. The van der Waals surface area contributed by atoms with Gasteiger partial charge in [-0.15, -0.1) is 12.3 Å². The number of rotatable bonds is 13. The molecule has 1 aliphatic heterocycles. The molecule has 48 heavy (non-hydrogen) atoms. The van der Waals surface area contributed by atoms with E-state index >= 15 is 0 Å². The predicted octanol–water partition coefficient (Wildman–Crippen LogP) is 5.61. The molecule has 254 valence electrons. The average Bonchev–Trinajstić information content (AvgIpc) is 3.73. The molecular formula is C34H42N7O6P. The van der Waals surface area contributed by atoms with Crippen molar-refractivity contribution in [1.82, 2.24) is 24.6 Å². The summed E-state index contributed by atoms with van der Waals surface area (Å²) in [6.07, 6.45) is 9.03. The zero-order valence-electron chi connectivity index (χ0n) is 27.8. The molecule has 0 amide bonds. The van der Waals surface area contributed by atoms with Crippen molar-refractivity contribution in [3.05, 3.63) is 48.8 Å². The van der Waals surface area contributed by atoms with Crippen LogP contribution in [0.15, 0.2) is 48.8 Å². The van der Waals surface area contributed by atoms with Crippen LogP contribution < -0.4 is 20.2 Å². The molecule has 5 atom stereocenters. The van der Waals surface area contributed by atoms with Crippen molar-refractivity contribution < 1.29 is 27.9 Å². The van der Waals surface area contributed by atoms with Gasteiger partial charge in [0.1, 0.15) is 18.0 Å². The fraction of sp³-hybridized carbons (Fsp3) is 0.471. The van der Waals surface area contributed by atoms with E-state index in [1.54, 1.807) is 39.2 Å². The molecule has 2 aliphatic rings. The number of benzene rings is 2. The van der Waals surface area contributed by atoms with Crippen molar-refractivity contribution in [1.29, 1.82) is 0 Å². The minimum Gasteiger partial charge on any atom is -0.462 e. The second-order valence-corrected chi connectivity index (χ2v) is 14.8. The van der Waals surface area contributed by atoms with Gasteiger partial charge in [0.05, 0.1) is 25.1 Å². The monoisotopic (exact) mass is 675 g/mol. The average molecular weight is 676 g/mol. The molecule has 3 heterocycles. The summed E-state index contributed by atoms with van der Waals surface area (Å²) in [5, 5.41) is 4.41. The third-order valence-electron chi connectivity index (χ3n) is 8.67. The van der Waals surface area contributed by atoms with Gasteiger partial charge in [-0.05, 0) is 51.5 Å². The Balaban J connectivity index is 1.27. The lowest BCUT2D eigenvalue weighted by molar-refractivity contribution is -0.149. The van der Waals surface area contributed by atoms with Crippen molar-refractivity contribution in [3.8, 4) is 18.1 Å². The number of carbonyl (C=O) groups excluding carboxylic acids is 1. The first-order valence-corrected chi connectivity index (χ1v) is 17.7. The summed E-state index contributed by atoms with van der Waals surface area (Å²) >= 11 is 0. The fourth-order valence-corrected chi connectivity index (χ4v) is 7.72. The Morgan fingerprint density at radius 2 is 1.98 bits per heavy atom. The van der Waals surface area contributed by atoms with Crippen LogP contribution in [0.5, 0.6) is 5.75 Å². The maximum atomic E-state index is 14.5. The molecule has 2 fully saturated rings. The molecule has 0 spiro atoms. The van der Waals surface area contributed by atoms with Crippen molar-refractivity contribution >= 4 is 47.4 Å². The minimum absolute atomic E-state index is 0.128. The quantitative estimate of drug-likeness (QED) is 0.103. The van der Waals surface area contributed by atoms with Crippen molar-refractivity contribution in [2.45, 2.75) is 83.9 Å². The highest BCUT2D eigenvalue weighted by atomic mass is 31.2. The number of carbonyl (C=O) groups is 1. The molecule has 1 saturated heterocycles. The molecule has 2 aromatic heterocycles. The summed E-state index contributed by atoms with van der Waals surface area (Å²) in [5.41, 5.74) is 6.75. The first-order chi connectivity index (χ1) is 22.9. The Morgan fingerprint density at radius 1 is 1.23 bits per heavy atom. The first-order valence-electron chi connectivity index (χ1n) is 16.1. The molecular weight excluding hydrogens is 633 g/mol. The number of fused-ring (bicyclic) bond motifs is 2. The smallest absolute Gasteiger partial charge is 0.459 e. The summed E-state index contributed by atoms with van der Waals surface area (Å²) in [6, 6.07) is 12.4. The standard InChI is InChI=1S/C34H42N7O6P/c1-7-17-34(5)18-25(46-32(34)41-20-36-28-29(40(6)24-15-16-24)37-33(35)38-30(28)41)19-44-48(43,39-22(4)31(42)45-21(2)3)47-27-14-10-12-23-11-8-9-13-26(23)27/h1,8-14,20-22,24-25,32H,15-19H2,2-6H3,(H,39,43)(H2,35,37,38)/t22-,25+,32-,34-,48?/m1/s1. The highest BCUT2D eigenvalue weighted by Crippen LogP contribution is 2.51. The number of nitrogens with zero attached hydrogens (tertiary/aromatic N) is 5. The van der Waals surface area contributed by atoms with E-state index in [0.29, 0.717) is 41.6 Å². The molecule has 1 aliphatic carbocycles. The van der Waals surface area contributed by atoms with Crippen molar-refractivity contribution in [3.63, 3.8) is 0 Å². The van der Waals surface area contributed by atoms with Gasteiger partial charge in [-0.2, -0.15) is 15.1 Å². The van der Waals surface area contributed by atoms with Gasteiger partial charge < -0.3 is 24.6 Å². The number of aromatic nitrogens is 4. The van der Waals surface area contributed by atoms with Crippen LogP contribution in [0, 0.1) is 17.8 Å². The maximum absolute atomic E-state index is 14.5. The van der Waals surface area contributed by atoms with Gasteiger partial charge in [-0.25, -0.2) is 9.55 Å². The number of ether oxygens (including phenoxy) is 2. The Kier molecular flexibility index (Phi) is 9.37. The summed E-state index contributed by atoms with van der Waals surface area (Å²) in [5.74, 6) is 3.33. The van der Waals surface area contributed by atoms with Gasteiger partial charge in [0.25, 0.3) is 0 Å². The number of nitrogens with one attached hydrogen (secondary N) is 1. The molecule has 6 rings (SSSR count). The first kappa shape index (κ1) is 33.7. The molecule has 0 bridgehead atoms. The Morgan fingerprint density at radius 3 is 2.71 bits per heavy atom. The number of anilines is 2. The lowest BCUT2D eigenvalue weighted by Crippen LogP contribution is -2.36. The normalized spacial score (nSPS) is 22.8. The van der Waals surface area contributed by atoms with Crippen molar-refractivity contribution in [2.75, 3.05) is 24.3 Å². The Labute approximate surface area is 280 Å². The van der Waals surface area contributed by atoms with E-state index in [9.17, 15) is 9.36 Å². The summed E-state index contributed by atoms with van der Waals surface area (Å²) in [6.45, 7) is 6.93. The van der Waals surface area contributed by atoms with Gasteiger partial charge in [0, 0.05) is 30.3 Å². The van der Waals surface area contributed by atoms with E-state index in [4.69, 9.17) is 30.7 Å². The second kappa shape index (κ2) is 13.4. The highest BCUT2D eigenvalue weighted by molar-refractivity contribution is 7.52. The lowest BCUT2D eigenvalue weighted by atomic mass is 9.82. The number of terminal acetylenes is 1. The van der Waals surface area contributed by atoms with Gasteiger partial charge in [0.15, 0.2) is 17.0 Å². The predicted molar refractivity (Wildman–Crippen MR) is 183 cm³/mol. The Bertz CT molecular complexity index is 1900. The molecule has 1 unspecified atom stereocenters. The molecule has 3 N–H and O–H groups in total. The van der Waals surface area contributed by atoms with E-state index in [1.807, 2.05) is 48.9 Å². The van der Waals surface area contributed by atoms with E-state index in [1.165, 1.54) is 0 Å². The summed E-state index contributed by atoms with van der Waals surface area (Å²) in [7, 11) is -2.21. The summed E-state index contributed by atoms with van der Waals surface area (Å²) < 4.78 is 40.4. The van der Waals surface area contributed by atoms with Gasteiger partial charge >= 0.3 is 13.7 Å². The van der Waals surface area contributed by atoms with Crippen molar-refractivity contribution in [2.24, 2.45) is 5.41 Å². The fourth-order valence-electron chi connectivity index (χ4n) is 6.18. The zero-order valence-corrected chi connectivity index (χ0v) is 28.7. The van der Waals surface area contributed by atoms with Crippen LogP contribution in [0.25, 0.3) is 21.9 Å². The third kappa shape index (κ3) is 6.98. The minimum atomic E-state index is -4.19. The number of hydrogen-bond acceptors (Lipinski definition) is 11. The van der Waals surface area contributed by atoms with E-state index in [0.717, 1.165) is 23.6 Å². The van der Waals surface area contributed by atoms with Crippen LogP contribution in [0.3, 0.4) is 0 Å². The van der Waals surface area contributed by atoms with E-state index in [2.05, 4.69) is 30.9 Å². The van der Waals surface area contributed by atoms with Crippen LogP contribution in [0.4, 0.5) is 11.8 Å². The summed E-state index contributed by atoms with van der Waals surface area (Å²) in [4.78, 5) is 28.5.